The molecule has 2 rings (SSSR count). The molecule has 2 aromatic heterocycles. The number of aromatic nitrogens is 2. The number of ether oxygens (including phenoxy) is 1. The molecule has 0 aliphatic heterocycles. The maximum atomic E-state index is 12.0. The number of hydrogen-bond donors (Lipinski definition) is 3. The molecule has 134 valence electrons. The van der Waals surface area contributed by atoms with Crippen LogP contribution in [0.15, 0.2) is 29.2 Å². The van der Waals surface area contributed by atoms with E-state index in [2.05, 4.69) is 20.6 Å². The van der Waals surface area contributed by atoms with E-state index >= 15 is 0 Å². The minimum Gasteiger partial charge on any atom is -0.477 e. The predicted octanol–water partition coefficient (Wildman–Crippen LogP) is 2.17. The molecule has 0 aromatic carbocycles. The number of amides is 2. The Morgan fingerprint density at radius 1 is 1.28 bits per heavy atom. The zero-order chi connectivity index (χ0) is 18.2. The molecule has 7 heteroatoms. The Morgan fingerprint density at radius 2 is 2.04 bits per heavy atom. The van der Waals surface area contributed by atoms with Crippen LogP contribution in [-0.4, -0.2) is 22.6 Å². The summed E-state index contributed by atoms with van der Waals surface area (Å²) in [6.45, 7) is 6.73. The number of urea groups is 1. The van der Waals surface area contributed by atoms with E-state index in [4.69, 9.17) is 4.74 Å². The molecule has 3 N–H and O–H groups in total. The number of carbonyl (C=O) groups is 1. The van der Waals surface area contributed by atoms with Crippen LogP contribution in [0.2, 0.25) is 0 Å². The molecular formula is C18H24N4O3. The normalized spacial score (nSPS) is 10.4. The van der Waals surface area contributed by atoms with Crippen molar-refractivity contribution in [1.82, 2.24) is 20.6 Å². The second kappa shape index (κ2) is 8.86. The summed E-state index contributed by atoms with van der Waals surface area (Å²) in [4.78, 5) is 30.9. The van der Waals surface area contributed by atoms with E-state index in [1.54, 1.807) is 12.3 Å². The Bertz CT molecular complexity index is 786. The molecule has 0 unspecified atom stereocenters. The molecule has 0 spiro atoms. The first-order valence-electron chi connectivity index (χ1n) is 8.29. The Kier molecular flexibility index (Phi) is 6.56. The summed E-state index contributed by atoms with van der Waals surface area (Å²) in [5, 5.41) is 5.46. The number of rotatable bonds is 7. The van der Waals surface area contributed by atoms with Gasteiger partial charge in [-0.25, -0.2) is 9.78 Å². The fourth-order valence-corrected chi connectivity index (χ4v) is 2.40. The second-order valence-corrected chi connectivity index (χ2v) is 5.80. The first kappa shape index (κ1) is 18.5. The van der Waals surface area contributed by atoms with Gasteiger partial charge in [0.2, 0.25) is 5.88 Å². The van der Waals surface area contributed by atoms with Crippen LogP contribution in [0.4, 0.5) is 4.79 Å². The van der Waals surface area contributed by atoms with E-state index in [0.717, 1.165) is 23.2 Å². The van der Waals surface area contributed by atoms with Gasteiger partial charge in [0.25, 0.3) is 5.56 Å². The van der Waals surface area contributed by atoms with Crippen LogP contribution in [0.25, 0.3) is 0 Å². The van der Waals surface area contributed by atoms with Crippen molar-refractivity contribution in [3.05, 3.63) is 57.1 Å². The van der Waals surface area contributed by atoms with Crippen molar-refractivity contribution in [1.29, 1.82) is 0 Å². The van der Waals surface area contributed by atoms with Crippen LogP contribution >= 0.6 is 0 Å². The highest BCUT2D eigenvalue weighted by Gasteiger charge is 2.09. The van der Waals surface area contributed by atoms with Gasteiger partial charge in [0.15, 0.2) is 0 Å². The van der Waals surface area contributed by atoms with E-state index in [0.29, 0.717) is 24.6 Å². The largest absolute Gasteiger partial charge is 0.477 e. The van der Waals surface area contributed by atoms with E-state index in [1.165, 1.54) is 0 Å². The highest BCUT2D eigenvalue weighted by Crippen LogP contribution is 2.14. The smallest absolute Gasteiger partial charge is 0.315 e. The number of pyridine rings is 2. The maximum Gasteiger partial charge on any atom is 0.315 e. The fourth-order valence-electron chi connectivity index (χ4n) is 2.40. The highest BCUT2D eigenvalue weighted by atomic mass is 16.5. The standard InChI is InChI=1S/C18H24N4O3/c1-4-8-25-17-14(6-5-7-19-17)10-20-18(24)21-11-15-12(2)9-13(3)22-16(15)23/h5-7,9H,4,8,10-11H2,1-3H3,(H,22,23)(H2,20,21,24). The summed E-state index contributed by atoms with van der Waals surface area (Å²) in [6, 6.07) is 5.17. The van der Waals surface area contributed by atoms with E-state index in [1.807, 2.05) is 32.9 Å². The summed E-state index contributed by atoms with van der Waals surface area (Å²) in [5.41, 5.74) is 2.82. The van der Waals surface area contributed by atoms with E-state index < -0.39 is 0 Å². The number of nitrogens with zero attached hydrogens (tertiary/aromatic N) is 1. The quantitative estimate of drug-likeness (QED) is 0.717. The third kappa shape index (κ3) is 5.34. The summed E-state index contributed by atoms with van der Waals surface area (Å²) >= 11 is 0. The van der Waals surface area contributed by atoms with Crippen LogP contribution in [0, 0.1) is 13.8 Å². The zero-order valence-corrected chi connectivity index (χ0v) is 14.8. The van der Waals surface area contributed by atoms with Crippen molar-refractivity contribution in [2.45, 2.75) is 40.3 Å². The van der Waals surface area contributed by atoms with Gasteiger partial charge in [-0.05, 0) is 38.0 Å². The molecule has 0 radical (unpaired) electrons. The van der Waals surface area contributed by atoms with Crippen molar-refractivity contribution in [3.63, 3.8) is 0 Å². The number of aryl methyl sites for hydroxylation is 2. The van der Waals surface area contributed by atoms with Crippen molar-refractivity contribution < 1.29 is 9.53 Å². The minimum absolute atomic E-state index is 0.166. The third-order valence-electron chi connectivity index (χ3n) is 3.65. The number of hydrogen-bond acceptors (Lipinski definition) is 4. The molecule has 0 aliphatic carbocycles. The van der Waals surface area contributed by atoms with Gasteiger partial charge in [0, 0.05) is 29.6 Å². The Morgan fingerprint density at radius 3 is 2.76 bits per heavy atom. The summed E-state index contributed by atoms with van der Waals surface area (Å²) in [6.07, 6.45) is 2.54. The second-order valence-electron chi connectivity index (χ2n) is 5.80. The summed E-state index contributed by atoms with van der Waals surface area (Å²) < 4.78 is 5.56. The van der Waals surface area contributed by atoms with Crippen LogP contribution in [0.3, 0.4) is 0 Å². The van der Waals surface area contributed by atoms with Crippen molar-refractivity contribution in [2.24, 2.45) is 0 Å². The third-order valence-corrected chi connectivity index (χ3v) is 3.65. The lowest BCUT2D eigenvalue weighted by atomic mass is 10.1. The monoisotopic (exact) mass is 344 g/mol. The molecule has 0 atom stereocenters. The lowest BCUT2D eigenvalue weighted by Crippen LogP contribution is -2.36. The van der Waals surface area contributed by atoms with Crippen molar-refractivity contribution >= 4 is 6.03 Å². The molecule has 2 aromatic rings. The zero-order valence-electron chi connectivity index (χ0n) is 14.8. The molecular weight excluding hydrogens is 320 g/mol. The lowest BCUT2D eigenvalue weighted by Gasteiger charge is -2.12. The van der Waals surface area contributed by atoms with Gasteiger partial charge < -0.3 is 20.4 Å². The van der Waals surface area contributed by atoms with Crippen molar-refractivity contribution in [2.75, 3.05) is 6.61 Å². The van der Waals surface area contributed by atoms with Crippen LogP contribution < -0.4 is 20.9 Å². The molecule has 0 aliphatic rings. The molecule has 0 bridgehead atoms. The van der Waals surface area contributed by atoms with Crippen LogP contribution in [-0.2, 0) is 13.1 Å². The summed E-state index contributed by atoms with van der Waals surface area (Å²) in [5.74, 6) is 0.524. The van der Waals surface area contributed by atoms with Gasteiger partial charge in [0.1, 0.15) is 0 Å². The molecule has 25 heavy (non-hydrogen) atoms. The first-order valence-corrected chi connectivity index (χ1v) is 8.29. The molecule has 0 fully saturated rings. The van der Waals surface area contributed by atoms with Gasteiger partial charge in [-0.3, -0.25) is 4.79 Å². The Labute approximate surface area is 146 Å². The summed E-state index contributed by atoms with van der Waals surface area (Å²) in [7, 11) is 0. The highest BCUT2D eigenvalue weighted by molar-refractivity contribution is 5.73. The van der Waals surface area contributed by atoms with Crippen molar-refractivity contribution in [3.8, 4) is 5.88 Å². The van der Waals surface area contributed by atoms with E-state index in [-0.39, 0.29) is 18.1 Å². The SMILES string of the molecule is CCCOc1ncccc1CNC(=O)NCc1c(C)cc(C)[nH]c1=O. The van der Waals surface area contributed by atoms with E-state index in [9.17, 15) is 9.59 Å². The number of H-pyrrole nitrogens is 1. The van der Waals surface area contributed by atoms with Crippen LogP contribution in [0.5, 0.6) is 5.88 Å². The van der Waals surface area contributed by atoms with Gasteiger partial charge in [-0.2, -0.15) is 0 Å². The molecule has 7 nitrogen and oxygen atoms in total. The average Bonchev–Trinajstić information content (AvgIpc) is 2.57. The van der Waals surface area contributed by atoms with Gasteiger partial charge in [-0.15, -0.1) is 0 Å². The first-order chi connectivity index (χ1) is 12.0. The maximum absolute atomic E-state index is 12.0. The number of aromatic amines is 1. The fraction of sp³-hybridized carbons (Fsp3) is 0.389. The minimum atomic E-state index is -0.357. The number of carbonyl (C=O) groups excluding carboxylic acids is 1. The van der Waals surface area contributed by atoms with Gasteiger partial charge in [0.05, 0.1) is 13.2 Å². The molecule has 2 heterocycles. The molecule has 2 amide bonds. The Hall–Kier alpha value is -2.83. The lowest BCUT2D eigenvalue weighted by molar-refractivity contribution is 0.239. The van der Waals surface area contributed by atoms with Gasteiger partial charge >= 0.3 is 6.03 Å². The average molecular weight is 344 g/mol. The van der Waals surface area contributed by atoms with Gasteiger partial charge in [-0.1, -0.05) is 13.0 Å². The Balaban J connectivity index is 1.91. The molecule has 0 saturated heterocycles. The topological polar surface area (TPSA) is 96.1 Å². The molecule has 0 saturated carbocycles. The number of nitrogens with one attached hydrogen (secondary N) is 3. The predicted molar refractivity (Wildman–Crippen MR) is 95.6 cm³/mol. The van der Waals surface area contributed by atoms with Crippen LogP contribution in [0.1, 0.15) is 35.7 Å².